The fourth-order valence-corrected chi connectivity index (χ4v) is 5.44. The number of hydrogen-bond acceptors (Lipinski definition) is 3. The molecule has 0 aliphatic carbocycles. The second-order valence-electron chi connectivity index (χ2n) is 8.25. The highest BCUT2D eigenvalue weighted by molar-refractivity contribution is 7.89. The van der Waals surface area contributed by atoms with E-state index in [-0.39, 0.29) is 17.0 Å². The van der Waals surface area contributed by atoms with Crippen molar-refractivity contribution < 1.29 is 18.3 Å². The van der Waals surface area contributed by atoms with Crippen molar-refractivity contribution in [1.82, 2.24) is 4.31 Å². The Morgan fingerprint density at radius 3 is 2.38 bits per heavy atom. The molecule has 3 rings (SSSR count). The minimum absolute atomic E-state index is 0.0309. The van der Waals surface area contributed by atoms with Gasteiger partial charge in [-0.2, -0.15) is 4.31 Å². The molecule has 6 heteroatoms. The highest BCUT2D eigenvalue weighted by atomic mass is 32.2. The minimum Gasteiger partial charge on any atom is -0.478 e. The third kappa shape index (κ3) is 5.14. The number of nitrogens with zero attached hydrogens (tertiary/aromatic N) is 1. The Bertz CT molecular complexity index is 979. The molecule has 29 heavy (non-hydrogen) atoms. The molecule has 0 amide bonds. The van der Waals surface area contributed by atoms with Gasteiger partial charge in [-0.25, -0.2) is 13.2 Å². The van der Waals surface area contributed by atoms with Crippen LogP contribution < -0.4 is 0 Å². The standard InChI is InChI=1S/C23H27NO4S/c1-23(2)15-6-16-24(29(27,28)21-7-4-3-5-8-21)20(17-23)14-11-18-9-12-19(13-10-18)22(25)26/h3-5,7-14,20H,6,15-17H2,1-2H3,(H,25,26). The fourth-order valence-electron chi connectivity index (χ4n) is 3.80. The van der Waals surface area contributed by atoms with Crippen LogP contribution in [0.4, 0.5) is 0 Å². The molecule has 1 aliphatic heterocycles. The summed E-state index contributed by atoms with van der Waals surface area (Å²) in [5.74, 6) is -0.967. The van der Waals surface area contributed by atoms with Crippen LogP contribution in [-0.2, 0) is 10.0 Å². The molecule has 1 atom stereocenters. The number of sulfonamides is 1. The Morgan fingerprint density at radius 1 is 1.10 bits per heavy atom. The molecule has 2 aromatic carbocycles. The summed E-state index contributed by atoms with van der Waals surface area (Å²) >= 11 is 0. The van der Waals surface area contributed by atoms with Gasteiger partial charge in [-0.3, -0.25) is 0 Å². The van der Waals surface area contributed by atoms with Crippen LogP contribution in [-0.4, -0.2) is 36.4 Å². The lowest BCUT2D eigenvalue weighted by Gasteiger charge is -2.30. The van der Waals surface area contributed by atoms with Crippen molar-refractivity contribution in [3.8, 4) is 0 Å². The average molecular weight is 414 g/mol. The summed E-state index contributed by atoms with van der Waals surface area (Å²) in [5, 5.41) is 9.04. The zero-order chi connectivity index (χ0) is 21.1. The number of carbonyl (C=O) groups is 1. The van der Waals surface area contributed by atoms with Crippen LogP contribution in [0.15, 0.2) is 65.6 Å². The van der Waals surface area contributed by atoms with Crippen LogP contribution in [0.3, 0.4) is 0 Å². The van der Waals surface area contributed by atoms with Crippen LogP contribution in [0.1, 0.15) is 49.0 Å². The normalized spacial score (nSPS) is 20.4. The van der Waals surface area contributed by atoms with Crippen LogP contribution in [0.25, 0.3) is 6.08 Å². The third-order valence-electron chi connectivity index (χ3n) is 5.38. The minimum atomic E-state index is -3.60. The summed E-state index contributed by atoms with van der Waals surface area (Å²) in [5.41, 5.74) is 1.10. The highest BCUT2D eigenvalue weighted by Crippen LogP contribution is 2.36. The molecular weight excluding hydrogens is 386 g/mol. The predicted molar refractivity (Wildman–Crippen MR) is 114 cm³/mol. The summed E-state index contributed by atoms with van der Waals surface area (Å²) in [7, 11) is -3.60. The Hall–Kier alpha value is -2.44. The zero-order valence-corrected chi connectivity index (χ0v) is 17.6. The molecule has 1 N–H and O–H groups in total. The highest BCUT2D eigenvalue weighted by Gasteiger charge is 2.36. The van der Waals surface area contributed by atoms with Gasteiger partial charge in [0.25, 0.3) is 0 Å². The lowest BCUT2D eigenvalue weighted by atomic mass is 9.83. The first kappa shape index (κ1) is 21.3. The van der Waals surface area contributed by atoms with Gasteiger partial charge in [-0.1, -0.05) is 56.3 Å². The number of aromatic carboxylic acids is 1. The van der Waals surface area contributed by atoms with E-state index in [1.54, 1.807) is 52.8 Å². The quantitative estimate of drug-likeness (QED) is 0.773. The molecule has 0 aromatic heterocycles. The number of carboxylic acids is 1. The maximum atomic E-state index is 13.3. The van der Waals surface area contributed by atoms with Crippen LogP contribution in [0, 0.1) is 5.41 Å². The van der Waals surface area contributed by atoms with Gasteiger partial charge in [0.2, 0.25) is 10.0 Å². The van der Waals surface area contributed by atoms with E-state index in [2.05, 4.69) is 13.8 Å². The van der Waals surface area contributed by atoms with E-state index in [4.69, 9.17) is 5.11 Å². The lowest BCUT2D eigenvalue weighted by Crippen LogP contribution is -2.39. The molecule has 1 fully saturated rings. The van der Waals surface area contributed by atoms with Gasteiger partial charge >= 0.3 is 5.97 Å². The summed E-state index contributed by atoms with van der Waals surface area (Å²) in [6.07, 6.45) is 6.32. The van der Waals surface area contributed by atoms with E-state index in [1.165, 1.54) is 0 Å². The van der Waals surface area contributed by atoms with Gasteiger partial charge in [0, 0.05) is 12.6 Å². The molecule has 0 spiro atoms. The average Bonchev–Trinajstić information content (AvgIpc) is 2.85. The number of carboxylic acid groups (broad SMARTS) is 1. The fraction of sp³-hybridized carbons (Fsp3) is 0.348. The van der Waals surface area contributed by atoms with Crippen LogP contribution in [0.5, 0.6) is 0 Å². The number of hydrogen-bond donors (Lipinski definition) is 1. The van der Waals surface area contributed by atoms with Crippen LogP contribution >= 0.6 is 0 Å². The van der Waals surface area contributed by atoms with E-state index in [1.807, 2.05) is 18.2 Å². The molecule has 0 saturated carbocycles. The maximum Gasteiger partial charge on any atom is 0.335 e. The van der Waals surface area contributed by atoms with Crippen molar-refractivity contribution in [2.45, 2.75) is 44.0 Å². The lowest BCUT2D eigenvalue weighted by molar-refractivity contribution is 0.0697. The largest absolute Gasteiger partial charge is 0.478 e. The van der Waals surface area contributed by atoms with Crippen molar-refractivity contribution in [3.63, 3.8) is 0 Å². The van der Waals surface area contributed by atoms with Gasteiger partial charge in [0.1, 0.15) is 0 Å². The summed E-state index contributed by atoms with van der Waals surface area (Å²) in [6.45, 7) is 4.83. The van der Waals surface area contributed by atoms with Crippen molar-refractivity contribution in [2.75, 3.05) is 6.54 Å². The molecular formula is C23H27NO4S. The zero-order valence-electron chi connectivity index (χ0n) is 16.8. The molecule has 1 saturated heterocycles. The van der Waals surface area contributed by atoms with Crippen molar-refractivity contribution >= 4 is 22.1 Å². The topological polar surface area (TPSA) is 74.7 Å². The number of benzene rings is 2. The van der Waals surface area contributed by atoms with Gasteiger partial charge in [-0.15, -0.1) is 0 Å². The van der Waals surface area contributed by atoms with Crippen molar-refractivity contribution in [1.29, 1.82) is 0 Å². The third-order valence-corrected chi connectivity index (χ3v) is 7.32. The van der Waals surface area contributed by atoms with Gasteiger partial charge in [0.15, 0.2) is 0 Å². The summed E-state index contributed by atoms with van der Waals surface area (Å²) in [6, 6.07) is 14.9. The molecule has 1 heterocycles. The maximum absolute atomic E-state index is 13.3. The van der Waals surface area contributed by atoms with Gasteiger partial charge in [0.05, 0.1) is 10.5 Å². The van der Waals surface area contributed by atoms with E-state index < -0.39 is 16.0 Å². The Morgan fingerprint density at radius 2 is 1.76 bits per heavy atom. The SMILES string of the molecule is CC1(C)CCCN(S(=O)(=O)c2ccccc2)C(C=Cc2ccc(C(=O)O)cc2)C1. The molecule has 0 radical (unpaired) electrons. The van der Waals surface area contributed by atoms with E-state index >= 15 is 0 Å². The first-order valence-corrected chi connectivity index (χ1v) is 11.2. The molecule has 1 unspecified atom stereocenters. The van der Waals surface area contributed by atoms with E-state index in [0.717, 1.165) is 24.8 Å². The first-order chi connectivity index (χ1) is 13.7. The first-order valence-electron chi connectivity index (χ1n) is 9.77. The smallest absolute Gasteiger partial charge is 0.335 e. The predicted octanol–water partition coefficient (Wildman–Crippen LogP) is 4.67. The molecule has 0 bridgehead atoms. The van der Waals surface area contributed by atoms with Gasteiger partial charge in [-0.05, 0) is 54.5 Å². The second kappa shape index (κ2) is 8.51. The molecule has 154 valence electrons. The molecule has 2 aromatic rings. The Balaban J connectivity index is 1.93. The monoisotopic (exact) mass is 413 g/mol. The summed E-state index contributed by atoms with van der Waals surface area (Å²) < 4.78 is 28.2. The van der Waals surface area contributed by atoms with E-state index in [0.29, 0.717) is 11.4 Å². The van der Waals surface area contributed by atoms with Crippen molar-refractivity contribution in [3.05, 3.63) is 71.8 Å². The number of rotatable bonds is 5. The second-order valence-corrected chi connectivity index (χ2v) is 10.1. The Labute approximate surface area is 172 Å². The summed E-state index contributed by atoms with van der Waals surface area (Å²) in [4.78, 5) is 11.3. The van der Waals surface area contributed by atoms with Crippen molar-refractivity contribution in [2.24, 2.45) is 5.41 Å². The Kier molecular flexibility index (Phi) is 6.24. The van der Waals surface area contributed by atoms with Gasteiger partial charge < -0.3 is 5.11 Å². The van der Waals surface area contributed by atoms with Crippen LogP contribution in [0.2, 0.25) is 0 Å². The molecule has 5 nitrogen and oxygen atoms in total. The molecule has 1 aliphatic rings. The van der Waals surface area contributed by atoms with E-state index in [9.17, 15) is 13.2 Å².